The van der Waals surface area contributed by atoms with Gasteiger partial charge in [0.25, 0.3) is 0 Å². The number of nitrogens with one attached hydrogen (secondary N) is 4. The van der Waals surface area contributed by atoms with Gasteiger partial charge in [-0.2, -0.15) is 0 Å². The molecule has 4 aromatic rings. The number of ketones is 1. The van der Waals surface area contributed by atoms with E-state index in [9.17, 15) is 24.0 Å². The standard InChI is InChI=1S/C93H147N13O33/c1-66(107)94-75-78-81(134-87(4,5)131-78)91(63-128-84(75)137-91)60-122-47-44-118-41-38-115-35-32-112-29-25-104-50-70(98-101-104)54-125-57-90(97-74(111)24-18-11-10-16-22-73(110)23-17-13-19-28-121-53-69-20-14-12-15-21-69,58-126-55-71-51-105(102-99-71)26-30-113-33-36-116-39-42-119-45-48-123-61-92-64-129-85(138-92)76(95-67(2)108)79-82(92)135-88(6,7)132-79)59-127-56-72-52-106(103-100-72)27-31-114-34-37-117-40-43-120-46-49-124-62-93-65-130-86(139-93)77(96-68(3)109)80-83(93)136-89(8,9)133-80/h12,14-15,20-21,50-52,75-86H,10-11,13,16-19,22-49,53-65H2,1-9H3,(H,94,107)(H,95,108)(H,96,109)(H,97,111)/t75-,76-,77-,78-,79-,80-,81-,82-,83-,84+,85+,86+,91+,92+,93+/m1/s1. The molecular formula is C93H147N13O33. The highest BCUT2D eigenvalue weighted by Gasteiger charge is 2.69. The zero-order valence-corrected chi connectivity index (χ0v) is 82.0. The summed E-state index contributed by atoms with van der Waals surface area (Å²) in [6, 6.07) is 8.50. The van der Waals surface area contributed by atoms with Gasteiger partial charge in [-0.3, -0.25) is 24.0 Å². The third-order valence-electron chi connectivity index (χ3n) is 24.3. The summed E-state index contributed by atoms with van der Waals surface area (Å²) < 4.78 is 175. The van der Waals surface area contributed by atoms with Gasteiger partial charge in [-0.15, -0.1) is 15.3 Å². The molecule has 1 aromatic carbocycles. The number of unbranched alkanes of at least 4 members (excludes halogenated alkanes) is 5. The van der Waals surface area contributed by atoms with E-state index in [0.29, 0.717) is 208 Å². The number of nitrogens with zero attached hydrogens (tertiary/aromatic N) is 9. The number of carbonyl (C=O) groups is 5. The Morgan fingerprint density at radius 2 is 0.662 bits per heavy atom. The molecule has 139 heavy (non-hydrogen) atoms. The van der Waals surface area contributed by atoms with Crippen LogP contribution in [0.5, 0.6) is 0 Å². The first-order valence-corrected chi connectivity index (χ1v) is 48.8. The minimum absolute atomic E-state index is 0.0143. The molecule has 0 aliphatic carbocycles. The molecule has 9 saturated heterocycles. The third kappa shape index (κ3) is 34.1. The smallest absolute Gasteiger partial charge is 0.220 e. The number of hydrogen-bond donors (Lipinski definition) is 4. The maximum absolute atomic E-state index is 14.4. The van der Waals surface area contributed by atoms with E-state index in [0.717, 1.165) is 44.1 Å². The lowest BCUT2D eigenvalue weighted by Gasteiger charge is -2.42. The topological polar surface area (TPSA) is 484 Å². The lowest BCUT2D eigenvalue weighted by molar-refractivity contribution is -0.214. The number of aromatic nitrogens is 9. The minimum Gasteiger partial charge on any atom is -0.377 e. The Balaban J connectivity index is 0.539. The van der Waals surface area contributed by atoms with E-state index >= 15 is 0 Å². The first kappa shape index (κ1) is 109. The monoisotopic (exact) mass is 1970 g/mol. The molecule has 782 valence electrons. The highest BCUT2D eigenvalue weighted by Crippen LogP contribution is 2.50. The number of amides is 4. The van der Waals surface area contributed by atoms with Crippen molar-refractivity contribution in [1.82, 2.24) is 66.2 Å². The highest BCUT2D eigenvalue weighted by molar-refractivity contribution is 5.78. The second-order valence-electron chi connectivity index (χ2n) is 37.5. The maximum Gasteiger partial charge on any atom is 0.220 e. The molecule has 9 aliphatic rings. The summed E-state index contributed by atoms with van der Waals surface area (Å²) in [5.74, 6) is -3.29. The van der Waals surface area contributed by atoms with Gasteiger partial charge in [-0.1, -0.05) is 65.2 Å². The summed E-state index contributed by atoms with van der Waals surface area (Å²) in [5.41, 5.74) is -1.26. The van der Waals surface area contributed by atoms with E-state index in [1.807, 2.05) is 71.9 Å². The van der Waals surface area contributed by atoms with Crippen molar-refractivity contribution in [2.24, 2.45) is 0 Å². The van der Waals surface area contributed by atoms with Crippen molar-refractivity contribution in [3.63, 3.8) is 0 Å². The second kappa shape index (κ2) is 54.8. The number of rotatable bonds is 73. The fourth-order valence-corrected chi connectivity index (χ4v) is 17.9. The Kier molecular flexibility index (Phi) is 43.1. The van der Waals surface area contributed by atoms with Crippen molar-refractivity contribution in [1.29, 1.82) is 0 Å². The van der Waals surface area contributed by atoms with Crippen molar-refractivity contribution in [3.05, 3.63) is 71.6 Å². The summed E-state index contributed by atoms with van der Waals surface area (Å²) in [7, 11) is 0. The molecule has 3 aromatic heterocycles. The summed E-state index contributed by atoms with van der Waals surface area (Å²) in [5, 5.41) is 38.1. The Bertz CT molecular complexity index is 3970. The number of fused-ring (bicyclic) bond motifs is 12. The van der Waals surface area contributed by atoms with Crippen LogP contribution in [0.2, 0.25) is 0 Å². The molecule has 46 heteroatoms. The van der Waals surface area contributed by atoms with E-state index in [1.54, 1.807) is 32.6 Å². The number of Topliss-reactive ketones (excluding diaryl/α,β-unsaturated/α-hetero) is 1. The van der Waals surface area contributed by atoms with E-state index in [-0.39, 0.29) is 115 Å². The second-order valence-corrected chi connectivity index (χ2v) is 37.5. The Labute approximate surface area is 811 Å². The van der Waals surface area contributed by atoms with Crippen molar-refractivity contribution < 1.29 is 157 Å². The molecule has 13 rings (SSSR count). The van der Waals surface area contributed by atoms with Crippen LogP contribution < -0.4 is 21.3 Å². The molecule has 4 amide bonds. The van der Waals surface area contributed by atoms with Crippen LogP contribution in [-0.2, 0) is 203 Å². The van der Waals surface area contributed by atoms with Crippen LogP contribution in [-0.4, -0.2) is 393 Å². The first-order chi connectivity index (χ1) is 67.3. The zero-order chi connectivity index (χ0) is 97.8. The van der Waals surface area contributed by atoms with Crippen molar-refractivity contribution in [2.75, 3.05) is 205 Å². The molecule has 0 radical (unpaired) electrons. The minimum atomic E-state index is -1.28. The van der Waals surface area contributed by atoms with Gasteiger partial charge >= 0.3 is 0 Å². The molecule has 9 fully saturated rings. The molecule has 9 aliphatic heterocycles. The summed E-state index contributed by atoms with van der Waals surface area (Å²) >= 11 is 0. The SMILES string of the molecule is CC(=O)N[C@H]1[C@H]2OC[C@](COCCOCCOCCOCCn3cc(COCC(COCc4cn(CCOCCOCCOCCOC[C@@]56CO[C@@H](O5)[C@H](NC(C)=O)[C@H]5OC(C)(C)O[C@H]56)nn4)(COCc4cn(CCOCCOCCOCCOC[C@@]56CO[C@@H](O5)[C@H](NC(C)=O)[C@H]5OC(C)(C)O[C@H]56)nn4)NC(=O)CCCCCCC(=O)CCCCCOCc4ccccc4)nn3)(O2)[C@@H]2OC(C)(C)O[C@H]12. The van der Waals surface area contributed by atoms with Crippen molar-refractivity contribution >= 4 is 29.4 Å². The average Bonchev–Trinajstić information content (AvgIpc) is 1.58. The molecule has 0 saturated carbocycles. The average molecular weight is 1980 g/mol. The lowest BCUT2D eigenvalue weighted by Crippen LogP contribution is -2.65. The lowest BCUT2D eigenvalue weighted by atomic mass is 9.88. The first-order valence-electron chi connectivity index (χ1n) is 48.8. The van der Waals surface area contributed by atoms with Gasteiger partial charge in [0, 0.05) is 46.6 Å². The third-order valence-corrected chi connectivity index (χ3v) is 24.3. The van der Waals surface area contributed by atoms with Crippen LogP contribution in [0.1, 0.15) is 149 Å². The van der Waals surface area contributed by atoms with Gasteiger partial charge in [-0.25, -0.2) is 14.0 Å². The van der Waals surface area contributed by atoms with Crippen LogP contribution >= 0.6 is 0 Å². The van der Waals surface area contributed by atoms with Crippen molar-refractivity contribution in [2.45, 2.75) is 286 Å². The molecule has 4 N–H and O–H groups in total. The van der Waals surface area contributed by atoms with Crippen LogP contribution in [0.3, 0.4) is 0 Å². The number of carbonyl (C=O) groups excluding carboxylic acids is 5. The van der Waals surface area contributed by atoms with Crippen molar-refractivity contribution in [3.8, 4) is 0 Å². The van der Waals surface area contributed by atoms with Gasteiger partial charge < -0.3 is 154 Å². The fraction of sp³-hybridized carbons (Fsp3) is 0.817. The van der Waals surface area contributed by atoms with Crippen LogP contribution in [0.25, 0.3) is 0 Å². The molecular weight excluding hydrogens is 1830 g/mol. The fourth-order valence-electron chi connectivity index (χ4n) is 17.9. The largest absolute Gasteiger partial charge is 0.377 e. The quantitative estimate of drug-likeness (QED) is 0.0461. The van der Waals surface area contributed by atoms with Crippen LogP contribution in [0.4, 0.5) is 0 Å². The summed E-state index contributed by atoms with van der Waals surface area (Å²) in [6.07, 6.45) is 6.96. The van der Waals surface area contributed by atoms with E-state index < -0.39 is 113 Å². The van der Waals surface area contributed by atoms with Crippen LogP contribution in [0, 0.1) is 0 Å². The maximum atomic E-state index is 14.4. The normalized spacial score (nSPS) is 26.6. The van der Waals surface area contributed by atoms with Gasteiger partial charge in [-0.05, 0) is 72.8 Å². The number of ether oxygens (including phenoxy) is 28. The molecule has 15 atom stereocenters. The van der Waals surface area contributed by atoms with E-state index in [4.69, 9.17) is 133 Å². The number of benzene rings is 1. The van der Waals surface area contributed by atoms with Gasteiger partial charge in [0.15, 0.2) is 36.2 Å². The molecule has 0 spiro atoms. The van der Waals surface area contributed by atoms with Gasteiger partial charge in [0.05, 0.1) is 263 Å². The Hall–Kier alpha value is -6.93. The van der Waals surface area contributed by atoms with E-state index in [1.165, 1.54) is 20.8 Å². The molecule has 12 heterocycles. The van der Waals surface area contributed by atoms with Gasteiger partial charge in [0.1, 0.15) is 100.0 Å². The number of hydrogen-bond acceptors (Lipinski definition) is 39. The predicted octanol–water partition coefficient (Wildman–Crippen LogP) is 2.60. The van der Waals surface area contributed by atoms with Gasteiger partial charge in [0.2, 0.25) is 23.6 Å². The predicted molar refractivity (Wildman–Crippen MR) is 482 cm³/mol. The summed E-state index contributed by atoms with van der Waals surface area (Å²) in [6.45, 7) is 25.7. The Morgan fingerprint density at radius 3 is 0.993 bits per heavy atom. The summed E-state index contributed by atoms with van der Waals surface area (Å²) in [4.78, 5) is 63.3. The zero-order valence-electron chi connectivity index (χ0n) is 82.0. The van der Waals surface area contributed by atoms with Crippen LogP contribution in [0.15, 0.2) is 48.9 Å². The van der Waals surface area contributed by atoms with E-state index in [2.05, 4.69) is 52.2 Å². The Morgan fingerprint density at radius 1 is 0.353 bits per heavy atom. The molecule has 6 bridgehead atoms. The highest BCUT2D eigenvalue weighted by atomic mass is 16.8. The molecule has 0 unspecified atom stereocenters. The molecule has 46 nitrogen and oxygen atoms in total.